The van der Waals surface area contributed by atoms with Crippen LogP contribution < -0.4 is 21.9 Å². The van der Waals surface area contributed by atoms with E-state index in [0.717, 1.165) is 16.0 Å². The lowest BCUT2D eigenvalue weighted by atomic mass is 10.1. The molecule has 0 fully saturated rings. The molecule has 4 N–H and O–H groups in total. The molecule has 0 saturated carbocycles. The van der Waals surface area contributed by atoms with Crippen LogP contribution in [0.2, 0.25) is 0 Å². The van der Waals surface area contributed by atoms with Crippen LogP contribution in [-0.2, 0) is 19.6 Å². The van der Waals surface area contributed by atoms with Gasteiger partial charge in [-0.25, -0.2) is 4.79 Å². The zero-order chi connectivity index (χ0) is 20.8. The van der Waals surface area contributed by atoms with Crippen LogP contribution in [0.1, 0.15) is 28.4 Å². The second-order valence-electron chi connectivity index (χ2n) is 6.94. The molecule has 0 aliphatic carbocycles. The summed E-state index contributed by atoms with van der Waals surface area (Å²) in [5.41, 5.74) is 6.68. The summed E-state index contributed by atoms with van der Waals surface area (Å²) in [6, 6.07) is 19.7. The second kappa shape index (κ2) is 9.16. The standard InChI is InChI=1S/C22H24N4O3/c1-2-26-20(23)19(21(28)24-22(26)29)18(27)15-25(13-16-9-5-3-6-10-16)14-17-11-7-4-8-12-17/h3-12H,2,13-15,23H2,1H3,(H,24,28,29)/p+1. The van der Waals surface area contributed by atoms with Crippen LogP contribution in [0.15, 0.2) is 70.3 Å². The maximum atomic E-state index is 13.0. The molecule has 0 unspecified atom stereocenters. The fraction of sp³-hybridized carbons (Fsp3) is 0.227. The molecule has 2 aromatic carbocycles. The van der Waals surface area contributed by atoms with Gasteiger partial charge in [-0.3, -0.25) is 19.1 Å². The maximum absolute atomic E-state index is 13.0. The average molecular weight is 393 g/mol. The molecule has 7 heteroatoms. The number of H-pyrrole nitrogens is 1. The van der Waals surface area contributed by atoms with Gasteiger partial charge in [0.1, 0.15) is 31.0 Å². The normalized spacial score (nSPS) is 11.0. The molecule has 1 heterocycles. The second-order valence-corrected chi connectivity index (χ2v) is 6.94. The molecule has 0 saturated heterocycles. The summed E-state index contributed by atoms with van der Waals surface area (Å²) in [5, 5.41) is 0. The first kappa shape index (κ1) is 20.3. The number of rotatable bonds is 8. The Hall–Kier alpha value is -3.45. The van der Waals surface area contributed by atoms with Gasteiger partial charge >= 0.3 is 5.69 Å². The fourth-order valence-electron chi connectivity index (χ4n) is 3.44. The topological polar surface area (TPSA) is 102 Å². The first-order valence-corrected chi connectivity index (χ1v) is 9.56. The van der Waals surface area contributed by atoms with Crippen LogP contribution in [0, 0.1) is 0 Å². The number of quaternary nitrogens is 1. The number of nitrogen functional groups attached to an aromatic ring is 1. The number of nitrogens with two attached hydrogens (primary N) is 1. The highest BCUT2D eigenvalue weighted by atomic mass is 16.2. The molecule has 0 aliphatic heterocycles. The van der Waals surface area contributed by atoms with Gasteiger partial charge in [0.15, 0.2) is 0 Å². The minimum atomic E-state index is -0.735. The number of aromatic amines is 1. The minimum Gasteiger partial charge on any atom is -0.384 e. The molecule has 7 nitrogen and oxygen atoms in total. The molecule has 150 valence electrons. The lowest BCUT2D eigenvalue weighted by molar-refractivity contribution is -0.919. The quantitative estimate of drug-likeness (QED) is 0.488. The third-order valence-corrected chi connectivity index (χ3v) is 4.84. The third kappa shape index (κ3) is 4.89. The average Bonchev–Trinajstić information content (AvgIpc) is 2.69. The van der Waals surface area contributed by atoms with Gasteiger partial charge in [-0.2, -0.15) is 0 Å². The van der Waals surface area contributed by atoms with Crippen molar-refractivity contribution in [2.75, 3.05) is 12.3 Å². The van der Waals surface area contributed by atoms with Crippen molar-refractivity contribution in [1.29, 1.82) is 0 Å². The van der Waals surface area contributed by atoms with E-state index < -0.39 is 11.2 Å². The molecule has 0 amide bonds. The summed E-state index contributed by atoms with van der Waals surface area (Å²) in [4.78, 5) is 40.4. The molecule has 3 aromatic rings. The zero-order valence-electron chi connectivity index (χ0n) is 16.4. The van der Waals surface area contributed by atoms with Crippen LogP contribution in [0.25, 0.3) is 0 Å². The number of hydrogen-bond acceptors (Lipinski definition) is 4. The van der Waals surface area contributed by atoms with E-state index in [-0.39, 0.29) is 30.3 Å². The maximum Gasteiger partial charge on any atom is 0.329 e. The Kier molecular flexibility index (Phi) is 6.41. The molecule has 0 aliphatic rings. The first-order valence-electron chi connectivity index (χ1n) is 9.56. The van der Waals surface area contributed by atoms with Gasteiger partial charge in [-0.1, -0.05) is 60.7 Å². The predicted octanol–water partition coefficient (Wildman–Crippen LogP) is 0.607. The van der Waals surface area contributed by atoms with Crippen LogP contribution in [-0.4, -0.2) is 21.9 Å². The summed E-state index contributed by atoms with van der Waals surface area (Å²) in [5.74, 6) is -0.460. The van der Waals surface area contributed by atoms with Crippen molar-refractivity contribution in [1.82, 2.24) is 9.55 Å². The number of aromatic nitrogens is 2. The number of carbonyl (C=O) groups excluding carboxylic acids is 1. The van der Waals surface area contributed by atoms with Gasteiger partial charge in [0.05, 0.1) is 0 Å². The van der Waals surface area contributed by atoms with Gasteiger partial charge < -0.3 is 10.6 Å². The van der Waals surface area contributed by atoms with E-state index in [2.05, 4.69) is 4.98 Å². The molecular weight excluding hydrogens is 368 g/mol. The van der Waals surface area contributed by atoms with Gasteiger partial charge in [0.25, 0.3) is 5.56 Å². The van der Waals surface area contributed by atoms with E-state index in [1.807, 2.05) is 60.7 Å². The number of nitrogens with zero attached hydrogens (tertiary/aromatic N) is 1. The Balaban J connectivity index is 1.90. The van der Waals surface area contributed by atoms with E-state index in [1.54, 1.807) is 6.92 Å². The molecule has 0 atom stereocenters. The van der Waals surface area contributed by atoms with Crippen LogP contribution in [0.5, 0.6) is 0 Å². The van der Waals surface area contributed by atoms with Crippen molar-refractivity contribution >= 4 is 11.6 Å². The highest BCUT2D eigenvalue weighted by Crippen LogP contribution is 2.05. The van der Waals surface area contributed by atoms with E-state index >= 15 is 0 Å². The van der Waals surface area contributed by atoms with Crippen molar-refractivity contribution in [3.8, 4) is 0 Å². The third-order valence-electron chi connectivity index (χ3n) is 4.84. The van der Waals surface area contributed by atoms with Crippen molar-refractivity contribution in [3.05, 3.63) is 98.2 Å². The van der Waals surface area contributed by atoms with Gasteiger partial charge in [-0.05, 0) is 6.92 Å². The zero-order valence-corrected chi connectivity index (χ0v) is 16.4. The lowest BCUT2D eigenvalue weighted by Crippen LogP contribution is -3.10. The first-order chi connectivity index (χ1) is 14.0. The summed E-state index contributed by atoms with van der Waals surface area (Å²) in [6.45, 7) is 3.32. The number of Topliss-reactive ketones (excluding diaryl/α,β-unsaturated/α-hetero) is 1. The minimum absolute atomic E-state index is 0.0787. The number of carbonyl (C=O) groups is 1. The molecule has 1 aromatic heterocycles. The van der Waals surface area contributed by atoms with E-state index in [9.17, 15) is 14.4 Å². The SMILES string of the molecule is CCn1c(N)c(C(=O)C[NH+](Cc2ccccc2)Cc2ccccc2)c(=O)[nH]c1=O. The van der Waals surface area contributed by atoms with Crippen molar-refractivity contribution < 1.29 is 9.69 Å². The number of nitrogens with one attached hydrogen (secondary N) is 2. The lowest BCUT2D eigenvalue weighted by Gasteiger charge is -2.20. The Morgan fingerprint density at radius 3 is 1.97 bits per heavy atom. The summed E-state index contributed by atoms with van der Waals surface area (Å²) < 4.78 is 1.20. The van der Waals surface area contributed by atoms with E-state index in [4.69, 9.17) is 5.73 Å². The van der Waals surface area contributed by atoms with Gasteiger partial charge in [-0.15, -0.1) is 0 Å². The number of ketones is 1. The molecule has 0 spiro atoms. The number of anilines is 1. The monoisotopic (exact) mass is 393 g/mol. The highest BCUT2D eigenvalue weighted by molar-refractivity contribution is 6.00. The predicted molar refractivity (Wildman–Crippen MR) is 112 cm³/mol. The van der Waals surface area contributed by atoms with Crippen molar-refractivity contribution in [3.63, 3.8) is 0 Å². The molecular formula is C22H25N4O3+. The van der Waals surface area contributed by atoms with Crippen LogP contribution in [0.4, 0.5) is 5.82 Å². The summed E-state index contributed by atoms with van der Waals surface area (Å²) in [6.07, 6.45) is 0. The van der Waals surface area contributed by atoms with Gasteiger partial charge in [0, 0.05) is 17.7 Å². The van der Waals surface area contributed by atoms with Crippen molar-refractivity contribution in [2.45, 2.75) is 26.6 Å². The number of benzene rings is 2. The smallest absolute Gasteiger partial charge is 0.329 e. The molecule has 29 heavy (non-hydrogen) atoms. The Morgan fingerprint density at radius 1 is 0.966 bits per heavy atom. The van der Waals surface area contributed by atoms with Crippen LogP contribution in [0.3, 0.4) is 0 Å². The Morgan fingerprint density at radius 2 is 1.48 bits per heavy atom. The molecule has 0 radical (unpaired) electrons. The largest absolute Gasteiger partial charge is 0.384 e. The van der Waals surface area contributed by atoms with E-state index in [0.29, 0.717) is 13.1 Å². The van der Waals surface area contributed by atoms with Crippen molar-refractivity contribution in [2.24, 2.45) is 0 Å². The highest BCUT2D eigenvalue weighted by Gasteiger charge is 2.23. The van der Waals surface area contributed by atoms with E-state index in [1.165, 1.54) is 4.57 Å². The van der Waals surface area contributed by atoms with Crippen LogP contribution >= 0.6 is 0 Å². The number of hydrogen-bond donors (Lipinski definition) is 3. The molecule has 0 bridgehead atoms. The fourth-order valence-corrected chi connectivity index (χ4v) is 3.44. The summed E-state index contributed by atoms with van der Waals surface area (Å²) in [7, 11) is 0. The Bertz CT molecular complexity index is 1050. The Labute approximate surface area is 168 Å². The summed E-state index contributed by atoms with van der Waals surface area (Å²) >= 11 is 0. The van der Waals surface area contributed by atoms with Gasteiger partial charge in [0.2, 0.25) is 5.78 Å². The molecule has 3 rings (SSSR count).